The van der Waals surface area contributed by atoms with Crippen molar-refractivity contribution in [1.29, 1.82) is 0 Å². The van der Waals surface area contributed by atoms with Crippen molar-refractivity contribution < 1.29 is 0 Å². The molecule has 0 amide bonds. The summed E-state index contributed by atoms with van der Waals surface area (Å²) >= 11 is 0. The minimum Gasteiger partial charge on any atom is -0.103 e. The van der Waals surface area contributed by atoms with Gasteiger partial charge < -0.3 is 0 Å². The van der Waals surface area contributed by atoms with Crippen LogP contribution in [0.4, 0.5) is 0 Å². The third-order valence-electron chi connectivity index (χ3n) is 3.96. The summed E-state index contributed by atoms with van der Waals surface area (Å²) in [6, 6.07) is 0. The van der Waals surface area contributed by atoms with Crippen LogP contribution in [0.15, 0.2) is 36.0 Å². The summed E-state index contributed by atoms with van der Waals surface area (Å²) in [4.78, 5) is 0. The van der Waals surface area contributed by atoms with E-state index in [2.05, 4.69) is 54.7 Å². The topological polar surface area (TPSA) is 0 Å². The molecule has 86 valence electrons. The van der Waals surface area contributed by atoms with Gasteiger partial charge in [0.1, 0.15) is 0 Å². The second kappa shape index (κ2) is 5.34. The molecule has 0 saturated heterocycles. The van der Waals surface area contributed by atoms with E-state index in [0.717, 1.165) is 6.42 Å². The van der Waals surface area contributed by atoms with Gasteiger partial charge >= 0.3 is 0 Å². The van der Waals surface area contributed by atoms with Gasteiger partial charge in [-0.2, -0.15) is 0 Å². The molecule has 0 saturated carbocycles. The van der Waals surface area contributed by atoms with Gasteiger partial charge in [0.15, 0.2) is 0 Å². The van der Waals surface area contributed by atoms with Crippen LogP contribution < -0.4 is 0 Å². The van der Waals surface area contributed by atoms with E-state index in [1.54, 1.807) is 0 Å². The highest BCUT2D eigenvalue weighted by Gasteiger charge is 2.28. The molecule has 0 fully saturated rings. The molecule has 0 aliphatic heterocycles. The van der Waals surface area contributed by atoms with E-state index >= 15 is 0 Å². The van der Waals surface area contributed by atoms with Crippen LogP contribution >= 0.6 is 0 Å². The van der Waals surface area contributed by atoms with Gasteiger partial charge in [-0.25, -0.2) is 0 Å². The normalized spacial score (nSPS) is 15.6. The van der Waals surface area contributed by atoms with Crippen molar-refractivity contribution in [2.75, 3.05) is 0 Å². The van der Waals surface area contributed by atoms with Crippen molar-refractivity contribution >= 4 is 0 Å². The average molecular weight is 206 g/mol. The molecule has 0 aliphatic carbocycles. The fourth-order valence-corrected chi connectivity index (χ4v) is 1.66. The van der Waals surface area contributed by atoms with Gasteiger partial charge in [-0.05, 0) is 38.5 Å². The monoisotopic (exact) mass is 206 g/mol. The summed E-state index contributed by atoms with van der Waals surface area (Å²) in [5.74, 6) is 0.537. The van der Waals surface area contributed by atoms with Gasteiger partial charge in [0.2, 0.25) is 0 Å². The maximum absolute atomic E-state index is 4.09. The van der Waals surface area contributed by atoms with E-state index in [0.29, 0.717) is 5.92 Å². The summed E-state index contributed by atoms with van der Waals surface area (Å²) in [5.41, 5.74) is 4.34. The van der Waals surface area contributed by atoms with Crippen molar-refractivity contribution in [2.45, 2.75) is 48.0 Å². The Morgan fingerprint density at radius 1 is 1.27 bits per heavy atom. The smallest absolute Gasteiger partial charge is 0.00874 e. The molecule has 1 atom stereocenters. The van der Waals surface area contributed by atoms with E-state index in [1.807, 2.05) is 6.08 Å². The number of hydrogen-bond acceptors (Lipinski definition) is 0. The van der Waals surface area contributed by atoms with Crippen molar-refractivity contribution in [3.8, 4) is 0 Å². The number of rotatable bonds is 5. The molecule has 0 N–H and O–H groups in total. The molecule has 15 heavy (non-hydrogen) atoms. The van der Waals surface area contributed by atoms with Crippen LogP contribution in [0.25, 0.3) is 0 Å². The Bertz CT molecular complexity index is 276. The minimum atomic E-state index is 0.173. The van der Waals surface area contributed by atoms with Gasteiger partial charge in [-0.1, -0.05) is 50.1 Å². The van der Waals surface area contributed by atoms with Crippen LogP contribution in [0.2, 0.25) is 0 Å². The predicted octanol–water partition coefficient (Wildman–Crippen LogP) is 5.14. The molecule has 0 rings (SSSR count). The molecular formula is C15H26. The summed E-state index contributed by atoms with van der Waals surface area (Å²) < 4.78 is 0. The Morgan fingerprint density at radius 2 is 1.73 bits per heavy atom. The Kier molecular flexibility index (Phi) is 5.07. The summed E-state index contributed by atoms with van der Waals surface area (Å²) in [5, 5.41) is 0. The van der Waals surface area contributed by atoms with Crippen LogP contribution in [-0.2, 0) is 0 Å². The third-order valence-corrected chi connectivity index (χ3v) is 3.96. The molecular weight excluding hydrogens is 180 g/mol. The molecule has 1 unspecified atom stereocenters. The first-order valence-electron chi connectivity index (χ1n) is 5.68. The van der Waals surface area contributed by atoms with Crippen molar-refractivity contribution in [3.05, 3.63) is 36.0 Å². The van der Waals surface area contributed by atoms with Crippen LogP contribution in [0, 0.1) is 11.3 Å². The molecule has 0 radical (unpaired) electrons. The zero-order valence-electron chi connectivity index (χ0n) is 11.3. The minimum absolute atomic E-state index is 0.173. The molecule has 0 aliphatic rings. The van der Waals surface area contributed by atoms with Crippen LogP contribution in [0.5, 0.6) is 0 Å². The lowest BCUT2D eigenvalue weighted by Crippen LogP contribution is -2.24. The van der Waals surface area contributed by atoms with Crippen molar-refractivity contribution in [3.63, 3.8) is 0 Å². The highest BCUT2D eigenvalue weighted by Crippen LogP contribution is 2.39. The molecule has 0 bridgehead atoms. The molecule has 0 aromatic rings. The predicted molar refractivity (Wildman–Crippen MR) is 70.9 cm³/mol. The quantitative estimate of drug-likeness (QED) is 0.546. The summed E-state index contributed by atoms with van der Waals surface area (Å²) in [6.45, 7) is 21.3. The van der Waals surface area contributed by atoms with Gasteiger partial charge in [0.25, 0.3) is 0 Å². The van der Waals surface area contributed by atoms with E-state index in [9.17, 15) is 0 Å². The highest BCUT2D eigenvalue weighted by atomic mass is 14.3. The van der Waals surface area contributed by atoms with Gasteiger partial charge in [-0.3, -0.25) is 0 Å². The van der Waals surface area contributed by atoms with Crippen molar-refractivity contribution in [2.24, 2.45) is 11.3 Å². The lowest BCUT2D eigenvalue weighted by Gasteiger charge is -2.34. The zero-order valence-corrected chi connectivity index (χ0v) is 11.3. The van der Waals surface area contributed by atoms with E-state index in [-0.39, 0.29) is 5.41 Å². The number of hydrogen-bond donors (Lipinski definition) is 0. The maximum Gasteiger partial charge on any atom is -0.00874 e. The molecule has 0 spiro atoms. The fourth-order valence-electron chi connectivity index (χ4n) is 1.66. The first kappa shape index (κ1) is 14.2. The maximum atomic E-state index is 4.09. The summed E-state index contributed by atoms with van der Waals surface area (Å²) in [6.07, 6.45) is 2.96. The molecule has 0 aromatic heterocycles. The third kappa shape index (κ3) is 3.37. The van der Waals surface area contributed by atoms with Crippen molar-refractivity contribution in [1.82, 2.24) is 0 Å². The van der Waals surface area contributed by atoms with E-state index in [4.69, 9.17) is 0 Å². The summed E-state index contributed by atoms with van der Waals surface area (Å²) in [7, 11) is 0. The Labute approximate surface area is 95.8 Å². The van der Waals surface area contributed by atoms with E-state index in [1.165, 1.54) is 16.7 Å². The van der Waals surface area contributed by atoms with E-state index < -0.39 is 0 Å². The standard InChI is InChI=1S/C15H26/c1-9-10-12(4)13(5)14(6)15(7,8)11(2)3/h9,14H,1-2,10H2,3-8H3. The highest BCUT2D eigenvalue weighted by molar-refractivity contribution is 5.21. The first-order valence-corrected chi connectivity index (χ1v) is 5.68. The molecule has 0 heteroatoms. The van der Waals surface area contributed by atoms with Gasteiger partial charge in [-0.15, -0.1) is 6.58 Å². The fraction of sp³-hybridized carbons (Fsp3) is 0.600. The lowest BCUT2D eigenvalue weighted by atomic mass is 9.71. The Hall–Kier alpha value is -0.780. The van der Waals surface area contributed by atoms with Gasteiger partial charge in [0.05, 0.1) is 0 Å². The van der Waals surface area contributed by atoms with Gasteiger partial charge in [0, 0.05) is 0 Å². The molecule has 0 aromatic carbocycles. The lowest BCUT2D eigenvalue weighted by molar-refractivity contribution is 0.326. The Balaban J connectivity index is 5.00. The second-order valence-corrected chi connectivity index (χ2v) is 5.18. The Morgan fingerprint density at radius 3 is 2.07 bits per heavy atom. The van der Waals surface area contributed by atoms with Crippen LogP contribution in [0.3, 0.4) is 0 Å². The second-order valence-electron chi connectivity index (χ2n) is 5.18. The first-order chi connectivity index (χ1) is 6.75. The SMILES string of the molecule is C=CCC(C)=C(C)C(C)C(C)(C)C(=C)C. The largest absolute Gasteiger partial charge is 0.103 e. The molecule has 0 heterocycles. The number of allylic oxidation sites excluding steroid dienone is 4. The molecule has 0 nitrogen and oxygen atoms in total. The average Bonchev–Trinajstić information content (AvgIpc) is 2.15. The zero-order chi connectivity index (χ0) is 12.2. The van der Waals surface area contributed by atoms with Crippen LogP contribution in [-0.4, -0.2) is 0 Å². The van der Waals surface area contributed by atoms with Crippen LogP contribution in [0.1, 0.15) is 48.0 Å².